The van der Waals surface area contributed by atoms with Crippen molar-refractivity contribution >= 4 is 5.91 Å². The summed E-state index contributed by atoms with van der Waals surface area (Å²) >= 11 is 0. The fraction of sp³-hybridized carbons (Fsp3) is 0.562. The number of ether oxygens (including phenoxy) is 2. The van der Waals surface area contributed by atoms with Crippen molar-refractivity contribution in [3.05, 3.63) is 29.8 Å². The van der Waals surface area contributed by atoms with E-state index in [2.05, 4.69) is 17.6 Å². The van der Waals surface area contributed by atoms with Gasteiger partial charge in [0.1, 0.15) is 5.75 Å². The quantitative estimate of drug-likeness (QED) is 0.645. The SMILES string of the molecule is CCCOc1ccc(CNC(C)C(=O)NCCOC)cc1. The molecule has 2 N–H and O–H groups in total. The molecular formula is C16H26N2O3. The standard InChI is InChI=1S/C16H26N2O3/c1-4-10-21-15-7-5-14(6-8-15)12-18-13(2)16(19)17-9-11-20-3/h5-8,13,18H,4,9-12H2,1-3H3,(H,17,19). The van der Waals surface area contributed by atoms with Crippen molar-refractivity contribution in [1.29, 1.82) is 0 Å². The van der Waals surface area contributed by atoms with Crippen molar-refractivity contribution in [3.63, 3.8) is 0 Å². The molecule has 0 heterocycles. The number of hydrogen-bond donors (Lipinski definition) is 2. The van der Waals surface area contributed by atoms with Crippen molar-refractivity contribution in [2.75, 3.05) is 26.9 Å². The summed E-state index contributed by atoms with van der Waals surface area (Å²) < 4.78 is 10.4. The van der Waals surface area contributed by atoms with Crippen LogP contribution in [0, 0.1) is 0 Å². The summed E-state index contributed by atoms with van der Waals surface area (Å²) in [5.41, 5.74) is 1.12. The van der Waals surface area contributed by atoms with Crippen LogP contribution in [0.3, 0.4) is 0 Å². The van der Waals surface area contributed by atoms with Gasteiger partial charge in [-0.2, -0.15) is 0 Å². The van der Waals surface area contributed by atoms with Crippen molar-refractivity contribution < 1.29 is 14.3 Å². The molecule has 0 aliphatic heterocycles. The van der Waals surface area contributed by atoms with E-state index in [0.717, 1.165) is 24.3 Å². The van der Waals surface area contributed by atoms with Crippen LogP contribution in [0.15, 0.2) is 24.3 Å². The first kappa shape index (κ1) is 17.5. The maximum absolute atomic E-state index is 11.8. The number of nitrogens with one attached hydrogen (secondary N) is 2. The molecule has 0 spiro atoms. The molecule has 0 fully saturated rings. The van der Waals surface area contributed by atoms with Crippen LogP contribution < -0.4 is 15.4 Å². The minimum atomic E-state index is -0.238. The highest BCUT2D eigenvalue weighted by molar-refractivity contribution is 5.81. The fourth-order valence-corrected chi connectivity index (χ4v) is 1.72. The van der Waals surface area contributed by atoms with Crippen LogP contribution >= 0.6 is 0 Å². The van der Waals surface area contributed by atoms with Crippen LogP contribution in [-0.2, 0) is 16.1 Å². The third-order valence-corrected chi connectivity index (χ3v) is 3.01. The van der Waals surface area contributed by atoms with Crippen LogP contribution in [-0.4, -0.2) is 38.8 Å². The summed E-state index contributed by atoms with van der Waals surface area (Å²) in [4.78, 5) is 11.8. The lowest BCUT2D eigenvalue weighted by atomic mass is 10.2. The number of hydrogen-bond acceptors (Lipinski definition) is 4. The number of carbonyl (C=O) groups is 1. The Morgan fingerprint density at radius 1 is 1.24 bits per heavy atom. The van der Waals surface area contributed by atoms with E-state index in [4.69, 9.17) is 9.47 Å². The van der Waals surface area contributed by atoms with E-state index >= 15 is 0 Å². The lowest BCUT2D eigenvalue weighted by Gasteiger charge is -2.14. The van der Waals surface area contributed by atoms with Crippen molar-refractivity contribution in [1.82, 2.24) is 10.6 Å². The fourth-order valence-electron chi connectivity index (χ4n) is 1.72. The molecule has 21 heavy (non-hydrogen) atoms. The minimum absolute atomic E-state index is 0.0186. The Bertz CT molecular complexity index is 406. The van der Waals surface area contributed by atoms with Gasteiger partial charge >= 0.3 is 0 Å². The van der Waals surface area contributed by atoms with Gasteiger partial charge in [-0.15, -0.1) is 0 Å². The first-order chi connectivity index (χ1) is 10.2. The molecule has 0 aromatic heterocycles. The highest BCUT2D eigenvalue weighted by atomic mass is 16.5. The third kappa shape index (κ3) is 7.11. The Morgan fingerprint density at radius 2 is 1.95 bits per heavy atom. The number of carbonyl (C=O) groups excluding carboxylic acids is 1. The molecular weight excluding hydrogens is 268 g/mol. The van der Waals surface area contributed by atoms with Crippen LogP contribution in [0.1, 0.15) is 25.8 Å². The molecule has 0 saturated heterocycles. The average Bonchev–Trinajstić information content (AvgIpc) is 2.51. The molecule has 5 heteroatoms. The van der Waals surface area contributed by atoms with Gasteiger partial charge in [0.05, 0.1) is 19.3 Å². The van der Waals surface area contributed by atoms with Crippen LogP contribution in [0.25, 0.3) is 0 Å². The second-order valence-electron chi connectivity index (χ2n) is 4.88. The summed E-state index contributed by atoms with van der Waals surface area (Å²) in [5, 5.41) is 6.00. The van der Waals surface area contributed by atoms with Crippen molar-refractivity contribution in [2.24, 2.45) is 0 Å². The molecule has 1 atom stereocenters. The Morgan fingerprint density at radius 3 is 2.57 bits per heavy atom. The van der Waals surface area contributed by atoms with Gasteiger partial charge in [0.2, 0.25) is 5.91 Å². The molecule has 1 unspecified atom stereocenters. The topological polar surface area (TPSA) is 59.6 Å². The Hall–Kier alpha value is -1.59. The summed E-state index contributed by atoms with van der Waals surface area (Å²) in [7, 11) is 1.61. The number of rotatable bonds is 10. The maximum atomic E-state index is 11.8. The monoisotopic (exact) mass is 294 g/mol. The zero-order valence-electron chi connectivity index (χ0n) is 13.1. The molecule has 1 rings (SSSR count). The highest BCUT2D eigenvalue weighted by Crippen LogP contribution is 2.12. The first-order valence-electron chi connectivity index (χ1n) is 7.39. The Labute approximate surface area is 127 Å². The highest BCUT2D eigenvalue weighted by Gasteiger charge is 2.11. The van der Waals surface area contributed by atoms with Gasteiger partial charge < -0.3 is 20.1 Å². The minimum Gasteiger partial charge on any atom is -0.494 e. The van der Waals surface area contributed by atoms with Crippen LogP contribution in [0.2, 0.25) is 0 Å². The summed E-state index contributed by atoms with van der Waals surface area (Å²) in [5.74, 6) is 0.862. The van der Waals surface area contributed by atoms with Gasteiger partial charge in [-0.05, 0) is 31.0 Å². The average molecular weight is 294 g/mol. The van der Waals surface area contributed by atoms with E-state index in [9.17, 15) is 4.79 Å². The molecule has 5 nitrogen and oxygen atoms in total. The predicted octanol–water partition coefficient (Wildman–Crippen LogP) is 1.72. The van der Waals surface area contributed by atoms with Crippen LogP contribution in [0.4, 0.5) is 0 Å². The number of amides is 1. The second kappa shape index (κ2) is 10.2. The van der Waals surface area contributed by atoms with Gasteiger partial charge in [-0.25, -0.2) is 0 Å². The maximum Gasteiger partial charge on any atom is 0.236 e. The molecule has 1 aromatic rings. The first-order valence-corrected chi connectivity index (χ1v) is 7.39. The van der Waals surface area contributed by atoms with E-state index < -0.39 is 0 Å². The third-order valence-electron chi connectivity index (χ3n) is 3.01. The molecule has 0 bridgehead atoms. The van der Waals surface area contributed by atoms with E-state index in [1.165, 1.54) is 0 Å². The summed E-state index contributed by atoms with van der Waals surface area (Å²) in [6.07, 6.45) is 0.999. The molecule has 118 valence electrons. The normalized spacial score (nSPS) is 12.0. The van der Waals surface area contributed by atoms with Gasteiger partial charge in [-0.1, -0.05) is 19.1 Å². The molecule has 0 radical (unpaired) electrons. The zero-order valence-corrected chi connectivity index (χ0v) is 13.1. The van der Waals surface area contributed by atoms with Crippen molar-refractivity contribution in [3.8, 4) is 5.75 Å². The summed E-state index contributed by atoms with van der Waals surface area (Å²) in [6, 6.07) is 7.69. The van der Waals surface area contributed by atoms with E-state index in [0.29, 0.717) is 19.7 Å². The predicted molar refractivity (Wildman–Crippen MR) is 83.4 cm³/mol. The molecule has 1 aromatic carbocycles. The summed E-state index contributed by atoms with van der Waals surface area (Å²) in [6.45, 7) is 6.37. The lowest BCUT2D eigenvalue weighted by Crippen LogP contribution is -2.42. The van der Waals surface area contributed by atoms with Gasteiger partial charge in [0.15, 0.2) is 0 Å². The van der Waals surface area contributed by atoms with Gasteiger partial charge in [-0.3, -0.25) is 4.79 Å². The smallest absolute Gasteiger partial charge is 0.236 e. The zero-order chi connectivity index (χ0) is 15.5. The number of methoxy groups -OCH3 is 1. The lowest BCUT2D eigenvalue weighted by molar-refractivity contribution is -0.122. The molecule has 0 saturated carbocycles. The molecule has 0 aliphatic rings. The molecule has 1 amide bonds. The number of benzene rings is 1. The Balaban J connectivity index is 2.31. The second-order valence-corrected chi connectivity index (χ2v) is 4.88. The Kier molecular flexibility index (Phi) is 8.47. The van der Waals surface area contributed by atoms with Gasteiger partial charge in [0, 0.05) is 20.2 Å². The van der Waals surface area contributed by atoms with Crippen molar-refractivity contribution in [2.45, 2.75) is 32.9 Å². The molecule has 0 aliphatic carbocycles. The largest absolute Gasteiger partial charge is 0.494 e. The van der Waals surface area contributed by atoms with E-state index in [1.807, 2.05) is 31.2 Å². The van der Waals surface area contributed by atoms with E-state index in [-0.39, 0.29) is 11.9 Å². The van der Waals surface area contributed by atoms with Gasteiger partial charge in [0.25, 0.3) is 0 Å². The van der Waals surface area contributed by atoms with E-state index in [1.54, 1.807) is 7.11 Å². The van der Waals surface area contributed by atoms with Crippen LogP contribution in [0.5, 0.6) is 5.75 Å².